The van der Waals surface area contributed by atoms with Crippen LogP contribution in [0.3, 0.4) is 0 Å². The maximum atomic E-state index is 14.3. The number of benzene rings is 3. The van der Waals surface area contributed by atoms with Crippen LogP contribution >= 0.6 is 0 Å². The number of morpholine rings is 1. The Morgan fingerprint density at radius 3 is 2.37 bits per heavy atom. The van der Waals surface area contributed by atoms with Crippen molar-refractivity contribution < 1.29 is 27.4 Å². The lowest BCUT2D eigenvalue weighted by Crippen LogP contribution is -2.36. The summed E-state index contributed by atoms with van der Waals surface area (Å²) in [6.07, 6.45) is 1.51. The number of ether oxygens (including phenoxy) is 3. The zero-order valence-corrected chi connectivity index (χ0v) is 29.6. The zero-order chi connectivity index (χ0) is 35.8. The molecular weight excluding hydrogens is 667 g/mol. The summed E-state index contributed by atoms with van der Waals surface area (Å²) >= 11 is 0. The first-order valence-corrected chi connectivity index (χ1v) is 18.4. The SMILES string of the molecule is CC(C)(C)OC(=O)N1CCC(Oc2ccc(-c3ccnc4c3cc(-c3ccc(N5CCOCC5)cc3)n4S(=O)(=O)c3ccccc3)cc2C#N)C1. The monoisotopic (exact) mass is 705 g/mol. The summed E-state index contributed by atoms with van der Waals surface area (Å²) in [7, 11) is -4.07. The van der Waals surface area contributed by atoms with E-state index in [1.165, 1.54) is 3.97 Å². The van der Waals surface area contributed by atoms with Crippen molar-refractivity contribution in [2.24, 2.45) is 0 Å². The third kappa shape index (κ3) is 7.00. The first-order valence-electron chi connectivity index (χ1n) is 17.0. The number of anilines is 1. The number of carbonyl (C=O) groups is 1. The van der Waals surface area contributed by atoms with Gasteiger partial charge in [-0.2, -0.15) is 5.26 Å². The predicted molar refractivity (Wildman–Crippen MR) is 194 cm³/mol. The van der Waals surface area contributed by atoms with Gasteiger partial charge >= 0.3 is 6.09 Å². The normalized spacial score (nSPS) is 16.6. The fraction of sp³-hybridized carbons (Fsp3) is 0.308. The summed E-state index contributed by atoms with van der Waals surface area (Å²) in [5, 5.41) is 10.8. The number of hydrogen-bond acceptors (Lipinski definition) is 9. The molecule has 12 heteroatoms. The van der Waals surface area contributed by atoms with Gasteiger partial charge in [-0.1, -0.05) is 36.4 Å². The van der Waals surface area contributed by atoms with Crippen LogP contribution < -0.4 is 9.64 Å². The number of carbonyl (C=O) groups excluding carboxylic acids is 1. The molecule has 2 aliphatic rings. The Balaban J connectivity index is 1.25. The molecule has 2 saturated heterocycles. The van der Waals surface area contributed by atoms with Gasteiger partial charge in [0.2, 0.25) is 0 Å². The lowest BCUT2D eigenvalue weighted by Gasteiger charge is -2.28. The minimum atomic E-state index is -4.07. The molecule has 0 spiro atoms. The second kappa shape index (κ2) is 13.7. The third-order valence-electron chi connectivity index (χ3n) is 8.98. The van der Waals surface area contributed by atoms with Gasteiger partial charge in [-0.3, -0.25) is 0 Å². The van der Waals surface area contributed by atoms with Crippen LogP contribution in [0.15, 0.2) is 96.0 Å². The first kappa shape index (κ1) is 34.1. The summed E-state index contributed by atoms with van der Waals surface area (Å²) in [6, 6.07) is 27.5. The van der Waals surface area contributed by atoms with Crippen molar-refractivity contribution in [1.29, 1.82) is 5.26 Å². The van der Waals surface area contributed by atoms with E-state index < -0.39 is 15.6 Å². The van der Waals surface area contributed by atoms with Crippen molar-refractivity contribution >= 4 is 32.8 Å². The fourth-order valence-corrected chi connectivity index (χ4v) is 8.02. The quantitative estimate of drug-likeness (QED) is 0.182. The lowest BCUT2D eigenvalue weighted by atomic mass is 10.0. The molecule has 2 fully saturated rings. The molecule has 11 nitrogen and oxygen atoms in total. The van der Waals surface area contributed by atoms with Crippen molar-refractivity contribution in [2.75, 3.05) is 44.3 Å². The number of hydrogen-bond donors (Lipinski definition) is 0. The summed E-state index contributed by atoms with van der Waals surface area (Å²) in [4.78, 5) is 21.2. The number of nitriles is 1. The van der Waals surface area contributed by atoms with Crippen molar-refractivity contribution in [2.45, 2.75) is 43.8 Å². The van der Waals surface area contributed by atoms with E-state index in [0.717, 1.165) is 18.8 Å². The minimum absolute atomic E-state index is 0.145. The molecule has 0 N–H and O–H groups in total. The summed E-state index contributed by atoms with van der Waals surface area (Å²) in [6.45, 7) is 9.23. The predicted octanol–water partition coefficient (Wildman–Crippen LogP) is 6.70. The van der Waals surface area contributed by atoms with Gasteiger partial charge in [0.1, 0.15) is 23.5 Å². The van der Waals surface area contributed by atoms with Gasteiger partial charge in [-0.15, -0.1) is 0 Å². The summed E-state index contributed by atoms with van der Waals surface area (Å²) < 4.78 is 47.2. The summed E-state index contributed by atoms with van der Waals surface area (Å²) in [5.74, 6) is 0.410. The van der Waals surface area contributed by atoms with Crippen LogP contribution in [0.2, 0.25) is 0 Å². The van der Waals surface area contributed by atoms with Gasteiger partial charge in [0, 0.05) is 43.3 Å². The molecule has 1 atom stereocenters. The molecule has 2 aromatic heterocycles. The molecule has 0 saturated carbocycles. The molecular formula is C39H39N5O6S. The minimum Gasteiger partial charge on any atom is -0.487 e. The van der Waals surface area contributed by atoms with Gasteiger partial charge in [0.15, 0.2) is 5.65 Å². The smallest absolute Gasteiger partial charge is 0.410 e. The number of nitrogens with zero attached hydrogens (tertiary/aromatic N) is 5. The molecule has 1 amide bonds. The average molecular weight is 706 g/mol. The van der Waals surface area contributed by atoms with Crippen LogP contribution in [-0.2, 0) is 19.5 Å². The van der Waals surface area contributed by atoms with E-state index in [2.05, 4.69) is 16.0 Å². The maximum Gasteiger partial charge on any atom is 0.410 e. The van der Waals surface area contributed by atoms with Crippen LogP contribution in [0, 0.1) is 11.3 Å². The number of aromatic nitrogens is 2. The standard InChI is InChI=1S/C39H39N5O6S/c1-39(2,3)50-38(45)43-18-16-31(26-43)49-36-14-11-28(23-29(36)25-40)33-15-17-41-37-34(33)24-35(44(37)51(46,47)32-7-5-4-6-8-32)27-9-12-30(13-10-27)42-19-21-48-22-20-42/h4-15,17,23-24,31H,16,18-22,26H2,1-3H3. The van der Waals surface area contributed by atoms with E-state index >= 15 is 0 Å². The number of amides is 1. The van der Waals surface area contributed by atoms with Gasteiger partial charge in [-0.05, 0) is 86.0 Å². The van der Waals surface area contributed by atoms with E-state index in [1.807, 2.05) is 63.2 Å². The van der Waals surface area contributed by atoms with Crippen LogP contribution in [0.25, 0.3) is 33.4 Å². The molecule has 2 aliphatic heterocycles. The second-order valence-corrected chi connectivity index (χ2v) is 15.4. The van der Waals surface area contributed by atoms with Crippen LogP contribution in [-0.4, -0.2) is 79.5 Å². The average Bonchev–Trinajstić information content (AvgIpc) is 3.78. The Bertz CT molecular complexity index is 2220. The Morgan fingerprint density at radius 2 is 1.67 bits per heavy atom. The van der Waals surface area contributed by atoms with E-state index in [4.69, 9.17) is 14.2 Å². The van der Waals surface area contributed by atoms with Crippen LogP contribution in [0.4, 0.5) is 10.5 Å². The van der Waals surface area contributed by atoms with Crippen molar-refractivity contribution in [3.8, 4) is 34.2 Å². The molecule has 7 rings (SSSR count). The molecule has 51 heavy (non-hydrogen) atoms. The Morgan fingerprint density at radius 1 is 0.941 bits per heavy atom. The third-order valence-corrected chi connectivity index (χ3v) is 10.7. The molecule has 5 aromatic rings. The van der Waals surface area contributed by atoms with Crippen LogP contribution in [0.1, 0.15) is 32.8 Å². The Kier molecular flexibility index (Phi) is 9.18. The Labute approximate surface area is 297 Å². The van der Waals surface area contributed by atoms with Crippen molar-refractivity contribution in [3.63, 3.8) is 0 Å². The molecule has 0 radical (unpaired) electrons. The molecule has 0 bridgehead atoms. The highest BCUT2D eigenvalue weighted by molar-refractivity contribution is 7.90. The topological polar surface area (TPSA) is 127 Å². The van der Waals surface area contributed by atoms with Gasteiger partial charge in [0.25, 0.3) is 10.0 Å². The number of fused-ring (bicyclic) bond motifs is 1. The van der Waals surface area contributed by atoms with Crippen molar-refractivity contribution in [3.05, 3.63) is 96.7 Å². The van der Waals surface area contributed by atoms with Gasteiger partial charge in [0.05, 0.1) is 35.9 Å². The molecule has 4 heterocycles. The maximum absolute atomic E-state index is 14.3. The van der Waals surface area contributed by atoms with E-state index in [1.54, 1.807) is 53.6 Å². The molecule has 262 valence electrons. The molecule has 3 aromatic carbocycles. The highest BCUT2D eigenvalue weighted by Crippen LogP contribution is 2.38. The molecule has 0 aliphatic carbocycles. The number of pyridine rings is 1. The van der Waals surface area contributed by atoms with E-state index in [9.17, 15) is 18.5 Å². The summed E-state index contributed by atoms with van der Waals surface area (Å²) in [5.41, 5.74) is 3.64. The number of likely N-dealkylation sites (tertiary alicyclic amines) is 1. The lowest BCUT2D eigenvalue weighted by molar-refractivity contribution is 0.0275. The largest absolute Gasteiger partial charge is 0.487 e. The van der Waals surface area contributed by atoms with Crippen molar-refractivity contribution in [1.82, 2.24) is 13.9 Å². The highest BCUT2D eigenvalue weighted by Gasteiger charge is 2.32. The fourth-order valence-electron chi connectivity index (χ4n) is 6.52. The number of rotatable bonds is 7. The van der Waals surface area contributed by atoms with E-state index in [-0.39, 0.29) is 22.7 Å². The van der Waals surface area contributed by atoms with Gasteiger partial charge < -0.3 is 24.0 Å². The van der Waals surface area contributed by atoms with E-state index in [0.29, 0.717) is 71.8 Å². The second-order valence-electron chi connectivity index (χ2n) is 13.6. The molecule has 1 unspecified atom stereocenters. The van der Waals surface area contributed by atoms with Gasteiger partial charge in [-0.25, -0.2) is 22.2 Å². The zero-order valence-electron chi connectivity index (χ0n) is 28.8. The van der Waals surface area contributed by atoms with Crippen LogP contribution in [0.5, 0.6) is 5.75 Å². The first-order chi connectivity index (χ1) is 24.5. The Hall–Kier alpha value is -5.38. The highest BCUT2D eigenvalue weighted by atomic mass is 32.2.